The minimum Gasteiger partial charge on any atom is -0.481 e. The van der Waals surface area contributed by atoms with Crippen molar-refractivity contribution >= 4 is 11.9 Å². The number of carboxylic acids is 1. The third kappa shape index (κ3) is 4.07. The van der Waals surface area contributed by atoms with E-state index in [1.807, 2.05) is 43.5 Å². The molecule has 0 spiro atoms. The van der Waals surface area contributed by atoms with Crippen molar-refractivity contribution in [3.8, 4) is 5.69 Å². The molecule has 0 aliphatic heterocycles. The Hall–Kier alpha value is -2.63. The second kappa shape index (κ2) is 7.51. The number of hydrogen-bond acceptors (Lipinski definition) is 3. The Morgan fingerprint density at radius 3 is 2.56 bits per heavy atom. The van der Waals surface area contributed by atoms with Gasteiger partial charge in [-0.25, -0.2) is 4.68 Å². The number of hydrogen-bond donors (Lipinski definition) is 2. The summed E-state index contributed by atoms with van der Waals surface area (Å²) < 4.78 is 1.78. The van der Waals surface area contributed by atoms with Crippen LogP contribution in [-0.2, 0) is 9.59 Å². The van der Waals surface area contributed by atoms with Crippen molar-refractivity contribution in [2.24, 2.45) is 11.8 Å². The van der Waals surface area contributed by atoms with Crippen LogP contribution in [0.5, 0.6) is 0 Å². The molecule has 6 heteroatoms. The molecule has 25 heavy (non-hydrogen) atoms. The summed E-state index contributed by atoms with van der Waals surface area (Å²) in [6.45, 7) is 1.96. The van der Waals surface area contributed by atoms with Gasteiger partial charge in [-0.1, -0.05) is 12.1 Å². The highest BCUT2D eigenvalue weighted by Gasteiger charge is 2.30. The maximum atomic E-state index is 12.5. The van der Waals surface area contributed by atoms with Crippen molar-refractivity contribution in [2.45, 2.75) is 38.6 Å². The zero-order valence-corrected chi connectivity index (χ0v) is 14.3. The molecule has 1 unspecified atom stereocenters. The van der Waals surface area contributed by atoms with Crippen LogP contribution in [0.2, 0.25) is 0 Å². The minimum atomic E-state index is -0.748. The Bertz CT molecular complexity index is 734. The molecule has 1 atom stereocenters. The SMILES string of the molecule is CC(NC(=O)C1CCC(C(=O)O)CC1)c1cccc(-n2cccn2)c1. The third-order valence-electron chi connectivity index (χ3n) is 4.95. The molecule has 1 aliphatic carbocycles. The van der Waals surface area contributed by atoms with Crippen molar-refractivity contribution in [2.75, 3.05) is 0 Å². The van der Waals surface area contributed by atoms with Gasteiger partial charge in [0.25, 0.3) is 0 Å². The second-order valence-electron chi connectivity index (χ2n) is 6.66. The summed E-state index contributed by atoms with van der Waals surface area (Å²) in [4.78, 5) is 23.5. The van der Waals surface area contributed by atoms with E-state index in [0.717, 1.165) is 11.3 Å². The predicted octanol–water partition coefficient (Wildman–Crippen LogP) is 2.94. The zero-order chi connectivity index (χ0) is 17.8. The van der Waals surface area contributed by atoms with E-state index in [9.17, 15) is 9.59 Å². The van der Waals surface area contributed by atoms with Crippen LogP contribution in [0.3, 0.4) is 0 Å². The summed E-state index contributed by atoms with van der Waals surface area (Å²) in [6, 6.07) is 9.68. The van der Waals surface area contributed by atoms with Crippen LogP contribution in [-0.4, -0.2) is 26.8 Å². The topological polar surface area (TPSA) is 84.2 Å². The molecule has 132 valence electrons. The lowest BCUT2D eigenvalue weighted by molar-refractivity contribution is -0.144. The van der Waals surface area contributed by atoms with Gasteiger partial charge < -0.3 is 10.4 Å². The molecule has 1 aromatic carbocycles. The first-order chi connectivity index (χ1) is 12.0. The number of carbonyl (C=O) groups excluding carboxylic acids is 1. The first kappa shape index (κ1) is 17.2. The highest BCUT2D eigenvalue weighted by Crippen LogP contribution is 2.29. The number of aliphatic carboxylic acids is 1. The van der Waals surface area contributed by atoms with Crippen molar-refractivity contribution in [3.05, 3.63) is 48.3 Å². The van der Waals surface area contributed by atoms with Gasteiger partial charge in [0, 0.05) is 18.3 Å². The van der Waals surface area contributed by atoms with Crippen LogP contribution in [0.1, 0.15) is 44.2 Å². The van der Waals surface area contributed by atoms with Gasteiger partial charge in [0.15, 0.2) is 0 Å². The molecule has 3 rings (SSSR count). The Kier molecular flexibility index (Phi) is 5.16. The summed E-state index contributed by atoms with van der Waals surface area (Å²) in [7, 11) is 0. The molecule has 0 saturated heterocycles. The standard InChI is InChI=1S/C19H23N3O3/c1-13(16-4-2-5-17(12-16)22-11-3-10-20-22)21-18(23)14-6-8-15(9-7-14)19(24)25/h2-5,10-15H,6-9H2,1H3,(H,21,23)(H,24,25). The number of carbonyl (C=O) groups is 2. The first-order valence-corrected chi connectivity index (χ1v) is 8.67. The van der Waals surface area contributed by atoms with E-state index in [1.165, 1.54) is 0 Å². The van der Waals surface area contributed by atoms with Crippen LogP contribution in [0, 0.1) is 11.8 Å². The summed E-state index contributed by atoms with van der Waals surface area (Å²) in [5.74, 6) is -1.12. The number of nitrogens with one attached hydrogen (secondary N) is 1. The molecule has 1 fully saturated rings. The van der Waals surface area contributed by atoms with E-state index in [4.69, 9.17) is 5.11 Å². The van der Waals surface area contributed by atoms with Gasteiger partial charge in [-0.05, 0) is 56.4 Å². The van der Waals surface area contributed by atoms with Crippen LogP contribution in [0.15, 0.2) is 42.7 Å². The quantitative estimate of drug-likeness (QED) is 0.876. The van der Waals surface area contributed by atoms with E-state index in [2.05, 4.69) is 10.4 Å². The van der Waals surface area contributed by atoms with Gasteiger partial charge in [-0.3, -0.25) is 9.59 Å². The van der Waals surface area contributed by atoms with Crippen molar-refractivity contribution in [1.29, 1.82) is 0 Å². The number of aromatic nitrogens is 2. The Labute approximate surface area is 146 Å². The molecule has 1 aliphatic rings. The van der Waals surface area contributed by atoms with Gasteiger partial charge in [0.1, 0.15) is 0 Å². The number of amides is 1. The second-order valence-corrected chi connectivity index (χ2v) is 6.66. The average molecular weight is 341 g/mol. The molecule has 0 bridgehead atoms. The van der Waals surface area contributed by atoms with E-state index < -0.39 is 5.97 Å². The normalized spacial score (nSPS) is 21.5. The van der Waals surface area contributed by atoms with E-state index in [-0.39, 0.29) is 23.8 Å². The first-order valence-electron chi connectivity index (χ1n) is 8.67. The maximum absolute atomic E-state index is 12.5. The number of benzene rings is 1. The number of nitrogens with zero attached hydrogens (tertiary/aromatic N) is 2. The molecular weight excluding hydrogens is 318 g/mol. The van der Waals surface area contributed by atoms with Crippen LogP contribution >= 0.6 is 0 Å². The van der Waals surface area contributed by atoms with Gasteiger partial charge in [0.2, 0.25) is 5.91 Å². The Balaban J connectivity index is 1.61. The van der Waals surface area contributed by atoms with Crippen LogP contribution in [0.4, 0.5) is 0 Å². The molecule has 2 aromatic rings. The van der Waals surface area contributed by atoms with E-state index in [0.29, 0.717) is 25.7 Å². The highest BCUT2D eigenvalue weighted by molar-refractivity contribution is 5.79. The maximum Gasteiger partial charge on any atom is 0.306 e. The number of carboxylic acid groups (broad SMARTS) is 1. The van der Waals surface area contributed by atoms with Gasteiger partial charge in [-0.2, -0.15) is 5.10 Å². The Morgan fingerprint density at radius 2 is 1.92 bits per heavy atom. The monoisotopic (exact) mass is 341 g/mol. The van der Waals surface area contributed by atoms with Gasteiger partial charge >= 0.3 is 5.97 Å². The summed E-state index contributed by atoms with van der Waals surface area (Å²) >= 11 is 0. The van der Waals surface area contributed by atoms with Crippen molar-refractivity contribution in [1.82, 2.24) is 15.1 Å². The fourth-order valence-corrected chi connectivity index (χ4v) is 3.38. The Morgan fingerprint density at radius 1 is 1.20 bits per heavy atom. The molecule has 1 amide bonds. The zero-order valence-electron chi connectivity index (χ0n) is 14.3. The van der Waals surface area contributed by atoms with Crippen molar-refractivity contribution in [3.63, 3.8) is 0 Å². The predicted molar refractivity (Wildman–Crippen MR) is 93.2 cm³/mol. The lowest BCUT2D eigenvalue weighted by Crippen LogP contribution is -2.35. The largest absolute Gasteiger partial charge is 0.481 e. The minimum absolute atomic E-state index is 0.0147. The summed E-state index contributed by atoms with van der Waals surface area (Å²) in [5, 5.41) is 16.3. The molecule has 1 heterocycles. The van der Waals surface area contributed by atoms with Crippen molar-refractivity contribution < 1.29 is 14.7 Å². The molecule has 1 aromatic heterocycles. The third-order valence-corrected chi connectivity index (χ3v) is 4.95. The molecular formula is C19H23N3O3. The lowest BCUT2D eigenvalue weighted by atomic mass is 9.81. The fraction of sp³-hybridized carbons (Fsp3) is 0.421. The molecule has 6 nitrogen and oxygen atoms in total. The van der Waals surface area contributed by atoms with Crippen LogP contribution in [0.25, 0.3) is 5.69 Å². The fourth-order valence-electron chi connectivity index (χ4n) is 3.38. The highest BCUT2D eigenvalue weighted by atomic mass is 16.4. The van der Waals surface area contributed by atoms with Crippen LogP contribution < -0.4 is 5.32 Å². The molecule has 1 saturated carbocycles. The smallest absolute Gasteiger partial charge is 0.306 e. The lowest BCUT2D eigenvalue weighted by Gasteiger charge is -2.26. The average Bonchev–Trinajstić information content (AvgIpc) is 3.16. The van der Waals surface area contributed by atoms with E-state index >= 15 is 0 Å². The summed E-state index contributed by atoms with van der Waals surface area (Å²) in [6.07, 6.45) is 6.05. The number of rotatable bonds is 5. The molecule has 0 radical (unpaired) electrons. The molecule has 2 N–H and O–H groups in total. The van der Waals surface area contributed by atoms with Gasteiger partial charge in [0.05, 0.1) is 17.6 Å². The van der Waals surface area contributed by atoms with E-state index in [1.54, 1.807) is 10.9 Å². The van der Waals surface area contributed by atoms with Gasteiger partial charge in [-0.15, -0.1) is 0 Å². The summed E-state index contributed by atoms with van der Waals surface area (Å²) in [5.41, 5.74) is 1.96.